The van der Waals surface area contributed by atoms with Gasteiger partial charge in [0.2, 0.25) is 0 Å². The van der Waals surface area contributed by atoms with Gasteiger partial charge < -0.3 is 19.1 Å². The van der Waals surface area contributed by atoms with Gasteiger partial charge in [0.15, 0.2) is 23.1 Å². The average Bonchev–Trinajstić information content (AvgIpc) is 2.72. The molecule has 0 spiro atoms. The molecule has 2 aliphatic heterocycles. The Labute approximate surface area is 177 Å². The highest BCUT2D eigenvalue weighted by molar-refractivity contribution is 9.10. The van der Waals surface area contributed by atoms with E-state index in [1.54, 1.807) is 0 Å². The summed E-state index contributed by atoms with van der Waals surface area (Å²) in [6.45, 7) is 6.06. The van der Waals surface area contributed by atoms with Crippen molar-refractivity contribution in [2.24, 2.45) is 0 Å². The minimum Gasteiger partial charge on any atom is -0.489 e. The van der Waals surface area contributed by atoms with E-state index in [1.165, 1.54) is 6.07 Å². The lowest BCUT2D eigenvalue weighted by Crippen LogP contribution is -2.47. The number of nitrogens with zero attached hydrogens (tertiary/aromatic N) is 2. The standard InChI is InChI=1S/C21H23BrF2N2O3/c22-16-13-15(23)14-17(24)20(16)28-10-2-5-25-6-8-26(9-7-25)18-3-1-4-19-21(18)29-12-11-27-19/h1,3-4,13-14H,2,5-12H2. The van der Waals surface area contributed by atoms with Crippen LogP contribution in [0.15, 0.2) is 34.8 Å². The molecule has 5 nitrogen and oxygen atoms in total. The third-order valence-electron chi connectivity index (χ3n) is 5.09. The molecule has 0 amide bonds. The van der Waals surface area contributed by atoms with Crippen LogP contribution in [0.25, 0.3) is 0 Å². The zero-order valence-electron chi connectivity index (χ0n) is 16.0. The van der Waals surface area contributed by atoms with Crippen LogP contribution in [0.1, 0.15) is 6.42 Å². The molecule has 0 N–H and O–H groups in total. The Bertz CT molecular complexity index is 837. The van der Waals surface area contributed by atoms with Crippen LogP contribution >= 0.6 is 15.9 Å². The van der Waals surface area contributed by atoms with Crippen LogP contribution in [0.3, 0.4) is 0 Å². The maximum absolute atomic E-state index is 13.8. The van der Waals surface area contributed by atoms with E-state index in [-0.39, 0.29) is 5.75 Å². The Morgan fingerprint density at radius 3 is 2.62 bits per heavy atom. The minimum atomic E-state index is -0.692. The maximum Gasteiger partial charge on any atom is 0.184 e. The molecule has 2 heterocycles. The van der Waals surface area contributed by atoms with Gasteiger partial charge in [-0.25, -0.2) is 8.78 Å². The van der Waals surface area contributed by atoms with Gasteiger partial charge in [-0.3, -0.25) is 4.90 Å². The lowest BCUT2D eigenvalue weighted by atomic mass is 10.2. The number of para-hydroxylation sites is 1. The zero-order valence-corrected chi connectivity index (χ0v) is 17.6. The first-order valence-corrected chi connectivity index (χ1v) is 10.5. The summed E-state index contributed by atoms with van der Waals surface area (Å²) >= 11 is 3.14. The summed E-state index contributed by atoms with van der Waals surface area (Å²) in [5.74, 6) is 0.395. The van der Waals surface area contributed by atoms with Crippen LogP contribution in [-0.4, -0.2) is 57.4 Å². The van der Waals surface area contributed by atoms with Gasteiger partial charge in [-0.1, -0.05) is 6.07 Å². The maximum atomic E-state index is 13.8. The van der Waals surface area contributed by atoms with Gasteiger partial charge in [0.1, 0.15) is 19.0 Å². The van der Waals surface area contributed by atoms with Crippen molar-refractivity contribution < 1.29 is 23.0 Å². The Hall–Kier alpha value is -2.06. The van der Waals surface area contributed by atoms with E-state index < -0.39 is 11.6 Å². The highest BCUT2D eigenvalue weighted by Crippen LogP contribution is 2.39. The van der Waals surface area contributed by atoms with Crippen molar-refractivity contribution in [3.05, 3.63) is 46.4 Å². The zero-order chi connectivity index (χ0) is 20.2. The number of hydrogen-bond donors (Lipinski definition) is 0. The van der Waals surface area contributed by atoms with Crippen LogP contribution in [0, 0.1) is 11.6 Å². The number of piperazine rings is 1. The van der Waals surface area contributed by atoms with Gasteiger partial charge in [-0.15, -0.1) is 0 Å². The predicted octanol–water partition coefficient (Wildman–Crippen LogP) is 4.09. The summed E-state index contributed by atoms with van der Waals surface area (Å²) in [6.07, 6.45) is 0.765. The first-order chi connectivity index (χ1) is 14.1. The Balaban J connectivity index is 1.24. The molecule has 2 aromatic carbocycles. The molecule has 0 unspecified atom stereocenters. The van der Waals surface area contributed by atoms with Crippen molar-refractivity contribution in [3.8, 4) is 17.2 Å². The molecular weight excluding hydrogens is 446 g/mol. The Kier molecular flexibility index (Phi) is 6.40. The number of benzene rings is 2. The van der Waals surface area contributed by atoms with Gasteiger partial charge >= 0.3 is 0 Å². The number of anilines is 1. The normalized spacial score (nSPS) is 16.7. The van der Waals surface area contributed by atoms with Gasteiger partial charge in [-0.05, 0) is 40.5 Å². The third-order valence-corrected chi connectivity index (χ3v) is 5.68. The van der Waals surface area contributed by atoms with Crippen LogP contribution in [-0.2, 0) is 0 Å². The van der Waals surface area contributed by atoms with Crippen LogP contribution in [0.5, 0.6) is 17.2 Å². The molecule has 0 atom stereocenters. The van der Waals surface area contributed by atoms with Crippen molar-refractivity contribution in [3.63, 3.8) is 0 Å². The molecule has 2 aliphatic rings. The Morgan fingerprint density at radius 2 is 1.83 bits per heavy atom. The number of ether oxygens (including phenoxy) is 3. The number of hydrogen-bond acceptors (Lipinski definition) is 5. The molecule has 29 heavy (non-hydrogen) atoms. The Morgan fingerprint density at radius 1 is 1.03 bits per heavy atom. The fourth-order valence-electron chi connectivity index (χ4n) is 3.65. The van der Waals surface area contributed by atoms with Gasteiger partial charge in [0, 0.05) is 38.8 Å². The summed E-state index contributed by atoms with van der Waals surface area (Å²) in [7, 11) is 0. The monoisotopic (exact) mass is 468 g/mol. The molecule has 0 aromatic heterocycles. The van der Waals surface area contributed by atoms with E-state index in [9.17, 15) is 8.78 Å². The fourth-order valence-corrected chi connectivity index (χ4v) is 4.17. The molecule has 0 saturated carbocycles. The number of fused-ring (bicyclic) bond motifs is 1. The molecule has 2 aromatic rings. The van der Waals surface area contributed by atoms with Gasteiger partial charge in [0.25, 0.3) is 0 Å². The quantitative estimate of drug-likeness (QED) is 0.596. The van der Waals surface area contributed by atoms with Crippen LogP contribution < -0.4 is 19.1 Å². The lowest BCUT2D eigenvalue weighted by Gasteiger charge is -2.37. The van der Waals surface area contributed by atoms with E-state index in [2.05, 4.69) is 31.8 Å². The number of rotatable bonds is 6. The SMILES string of the molecule is Fc1cc(F)c(OCCCN2CCN(c3cccc4c3OCCO4)CC2)c(Br)c1. The van der Waals surface area contributed by atoms with E-state index in [0.29, 0.717) is 24.3 Å². The van der Waals surface area contributed by atoms with Crippen LogP contribution in [0.2, 0.25) is 0 Å². The molecule has 0 aliphatic carbocycles. The van der Waals surface area contributed by atoms with E-state index in [0.717, 1.165) is 62.4 Å². The highest BCUT2D eigenvalue weighted by Gasteiger charge is 2.23. The smallest absolute Gasteiger partial charge is 0.184 e. The second-order valence-corrected chi connectivity index (χ2v) is 7.88. The summed E-state index contributed by atoms with van der Waals surface area (Å²) in [5.41, 5.74) is 1.09. The summed E-state index contributed by atoms with van der Waals surface area (Å²) in [4.78, 5) is 4.69. The summed E-state index contributed by atoms with van der Waals surface area (Å²) < 4.78 is 44.2. The molecular formula is C21H23BrF2N2O3. The molecule has 1 saturated heterocycles. The minimum absolute atomic E-state index is 0.0623. The van der Waals surface area contributed by atoms with E-state index in [1.807, 2.05) is 12.1 Å². The van der Waals surface area contributed by atoms with E-state index in [4.69, 9.17) is 14.2 Å². The second kappa shape index (κ2) is 9.17. The molecule has 0 radical (unpaired) electrons. The molecule has 0 bridgehead atoms. The summed E-state index contributed by atoms with van der Waals surface area (Å²) in [5, 5.41) is 0. The van der Waals surface area contributed by atoms with E-state index >= 15 is 0 Å². The fraction of sp³-hybridized carbons (Fsp3) is 0.429. The van der Waals surface area contributed by atoms with Crippen molar-refractivity contribution in [1.82, 2.24) is 4.90 Å². The second-order valence-electron chi connectivity index (χ2n) is 7.03. The predicted molar refractivity (Wildman–Crippen MR) is 110 cm³/mol. The largest absolute Gasteiger partial charge is 0.489 e. The lowest BCUT2D eigenvalue weighted by molar-refractivity contribution is 0.171. The molecule has 8 heteroatoms. The molecule has 4 rings (SSSR count). The van der Waals surface area contributed by atoms with Gasteiger partial charge in [0.05, 0.1) is 16.8 Å². The first-order valence-electron chi connectivity index (χ1n) is 9.75. The topological polar surface area (TPSA) is 34.2 Å². The average molecular weight is 469 g/mol. The highest BCUT2D eigenvalue weighted by atomic mass is 79.9. The molecule has 1 fully saturated rings. The van der Waals surface area contributed by atoms with Crippen molar-refractivity contribution in [2.45, 2.75) is 6.42 Å². The first kappa shape index (κ1) is 20.2. The van der Waals surface area contributed by atoms with Crippen molar-refractivity contribution >= 4 is 21.6 Å². The number of halogens is 3. The third kappa shape index (κ3) is 4.75. The van der Waals surface area contributed by atoms with Crippen LogP contribution in [0.4, 0.5) is 14.5 Å². The van der Waals surface area contributed by atoms with Crippen molar-refractivity contribution in [1.29, 1.82) is 0 Å². The van der Waals surface area contributed by atoms with Crippen molar-refractivity contribution in [2.75, 3.05) is 57.4 Å². The van der Waals surface area contributed by atoms with Gasteiger partial charge in [-0.2, -0.15) is 0 Å². The summed E-state index contributed by atoms with van der Waals surface area (Å²) in [6, 6.07) is 8.05. The molecule has 156 valence electrons.